The summed E-state index contributed by atoms with van der Waals surface area (Å²) in [5.74, 6) is -4.54. The molecule has 9 nitrogen and oxygen atoms in total. The minimum absolute atomic E-state index is 0.0247. The number of thioether (sulfide) groups is 1. The monoisotopic (exact) mass is 556 g/mol. The summed E-state index contributed by atoms with van der Waals surface area (Å²) in [6.07, 6.45) is 0.243. The SMILES string of the molecule is CCN1C(=O)c2c(OCOC(=O)OC)c(=O)ccn2C(C2c3ccccc3SCc3c2ccc(F)c3F)C1=O. The number of benzene rings is 2. The molecule has 2 aliphatic rings. The molecule has 3 heterocycles. The summed E-state index contributed by atoms with van der Waals surface area (Å²) < 4.78 is 45.3. The van der Waals surface area contributed by atoms with E-state index in [0.717, 1.165) is 29.0 Å². The second-order valence-electron chi connectivity index (χ2n) is 8.69. The maximum absolute atomic E-state index is 15.1. The molecule has 1 aromatic heterocycles. The second kappa shape index (κ2) is 10.5. The number of carbonyl (C=O) groups excluding carboxylic acids is 3. The largest absolute Gasteiger partial charge is 0.510 e. The predicted octanol–water partition coefficient (Wildman–Crippen LogP) is 4.23. The molecule has 0 saturated heterocycles. The van der Waals surface area contributed by atoms with Gasteiger partial charge in [-0.1, -0.05) is 24.3 Å². The third-order valence-corrected chi connectivity index (χ3v) is 7.84. The minimum atomic E-state index is -1.16. The lowest BCUT2D eigenvalue weighted by molar-refractivity contribution is -0.133. The molecular formula is C27H22F2N2O7S. The molecule has 5 rings (SSSR count). The fourth-order valence-corrected chi connectivity index (χ4v) is 6.12. The molecule has 2 atom stereocenters. The summed E-state index contributed by atoms with van der Waals surface area (Å²) >= 11 is 1.31. The van der Waals surface area contributed by atoms with Crippen molar-refractivity contribution >= 4 is 29.7 Å². The molecule has 0 fully saturated rings. The van der Waals surface area contributed by atoms with Crippen LogP contribution in [-0.2, 0) is 20.0 Å². The highest BCUT2D eigenvalue weighted by Gasteiger charge is 2.46. The van der Waals surface area contributed by atoms with Gasteiger partial charge in [-0.3, -0.25) is 19.3 Å². The van der Waals surface area contributed by atoms with Gasteiger partial charge < -0.3 is 18.8 Å². The van der Waals surface area contributed by atoms with Crippen LogP contribution in [0.15, 0.2) is 58.4 Å². The number of hydrogen-bond donors (Lipinski definition) is 0. The van der Waals surface area contributed by atoms with Crippen molar-refractivity contribution in [2.24, 2.45) is 0 Å². The zero-order chi connectivity index (χ0) is 27.8. The van der Waals surface area contributed by atoms with Crippen molar-refractivity contribution in [1.29, 1.82) is 0 Å². The van der Waals surface area contributed by atoms with Crippen LogP contribution in [0.2, 0.25) is 0 Å². The van der Waals surface area contributed by atoms with Gasteiger partial charge in [-0.05, 0) is 30.2 Å². The van der Waals surface area contributed by atoms with Crippen LogP contribution >= 0.6 is 11.8 Å². The summed E-state index contributed by atoms with van der Waals surface area (Å²) in [5, 5.41) is 0. The quantitative estimate of drug-likeness (QED) is 0.261. The zero-order valence-electron chi connectivity index (χ0n) is 20.8. The number of hydrogen-bond acceptors (Lipinski definition) is 8. The van der Waals surface area contributed by atoms with Crippen LogP contribution in [0.3, 0.4) is 0 Å². The molecule has 12 heteroatoms. The fourth-order valence-electron chi connectivity index (χ4n) is 4.99. The number of pyridine rings is 1. The molecule has 202 valence electrons. The summed E-state index contributed by atoms with van der Waals surface area (Å²) in [5.41, 5.74) is 0.256. The van der Waals surface area contributed by atoms with Crippen molar-refractivity contribution in [3.05, 3.63) is 92.9 Å². The van der Waals surface area contributed by atoms with E-state index in [4.69, 9.17) is 9.47 Å². The van der Waals surface area contributed by atoms with E-state index >= 15 is 4.39 Å². The Morgan fingerprint density at radius 3 is 2.59 bits per heavy atom. The zero-order valence-corrected chi connectivity index (χ0v) is 21.6. The van der Waals surface area contributed by atoms with Gasteiger partial charge in [0.25, 0.3) is 11.8 Å². The van der Waals surface area contributed by atoms with Gasteiger partial charge in [0.1, 0.15) is 6.04 Å². The van der Waals surface area contributed by atoms with Gasteiger partial charge in [0, 0.05) is 40.9 Å². The van der Waals surface area contributed by atoms with Crippen molar-refractivity contribution in [2.45, 2.75) is 29.5 Å². The van der Waals surface area contributed by atoms with Gasteiger partial charge in [0.2, 0.25) is 12.2 Å². The maximum atomic E-state index is 15.1. The van der Waals surface area contributed by atoms with E-state index < -0.39 is 59.5 Å². The topological polar surface area (TPSA) is 104 Å². The van der Waals surface area contributed by atoms with Crippen molar-refractivity contribution in [3.63, 3.8) is 0 Å². The first-order valence-electron chi connectivity index (χ1n) is 11.9. The number of imide groups is 1. The van der Waals surface area contributed by atoms with E-state index in [0.29, 0.717) is 11.1 Å². The van der Waals surface area contributed by atoms with Crippen LogP contribution in [0.5, 0.6) is 5.75 Å². The minimum Gasteiger partial charge on any atom is -0.451 e. The summed E-state index contributed by atoms with van der Waals surface area (Å²) in [6, 6.07) is 9.63. The van der Waals surface area contributed by atoms with Crippen LogP contribution in [0.25, 0.3) is 0 Å². The first kappa shape index (κ1) is 26.4. The third kappa shape index (κ3) is 4.44. The van der Waals surface area contributed by atoms with Crippen molar-refractivity contribution in [2.75, 3.05) is 20.4 Å². The Bertz CT molecular complexity index is 1560. The maximum Gasteiger partial charge on any atom is 0.510 e. The summed E-state index contributed by atoms with van der Waals surface area (Å²) in [6.45, 7) is 0.848. The summed E-state index contributed by atoms with van der Waals surface area (Å²) in [7, 11) is 1.09. The van der Waals surface area contributed by atoms with Crippen molar-refractivity contribution in [3.8, 4) is 5.75 Å². The summed E-state index contributed by atoms with van der Waals surface area (Å²) in [4.78, 5) is 53.4. The van der Waals surface area contributed by atoms with Gasteiger partial charge in [0.05, 0.1) is 7.11 Å². The Morgan fingerprint density at radius 1 is 1.08 bits per heavy atom. The molecule has 3 aromatic rings. The average molecular weight is 557 g/mol. The lowest BCUT2D eigenvalue weighted by Gasteiger charge is -2.38. The molecule has 2 aromatic carbocycles. The molecular weight excluding hydrogens is 534 g/mol. The van der Waals surface area contributed by atoms with Gasteiger partial charge in [-0.15, -0.1) is 11.8 Å². The Kier molecular flexibility index (Phi) is 7.13. The number of likely N-dealkylation sites (N-methyl/N-ethyl adjacent to an activating group) is 1. The Balaban J connectivity index is 1.75. The molecule has 0 radical (unpaired) electrons. The normalized spacial score (nSPS) is 18.0. The number of rotatable bonds is 5. The van der Waals surface area contributed by atoms with E-state index in [1.54, 1.807) is 25.1 Å². The lowest BCUT2D eigenvalue weighted by atomic mass is 9.81. The van der Waals surface area contributed by atoms with Gasteiger partial charge in [-0.25, -0.2) is 13.6 Å². The van der Waals surface area contributed by atoms with Crippen molar-refractivity contribution < 1.29 is 37.4 Å². The first-order valence-corrected chi connectivity index (χ1v) is 12.9. The highest BCUT2D eigenvalue weighted by atomic mass is 32.2. The van der Waals surface area contributed by atoms with Crippen molar-refractivity contribution in [1.82, 2.24) is 9.47 Å². The first-order chi connectivity index (χ1) is 18.8. The van der Waals surface area contributed by atoms with Crippen LogP contribution in [0.4, 0.5) is 13.6 Å². The Labute approximate surface area is 225 Å². The van der Waals surface area contributed by atoms with Crippen LogP contribution < -0.4 is 10.2 Å². The number of fused-ring (bicyclic) bond motifs is 3. The molecule has 2 amide bonds. The molecule has 0 N–H and O–H groups in total. The molecule has 0 bridgehead atoms. The standard InChI is InChI=1S/C27H22F2N2O7S/c1-3-30-25(33)22(31-11-10-18(32)24(23(31)26(30)34)37-13-38-27(35)36-2)20-14-8-9-17(28)21(29)16(14)12-39-19-7-5-4-6-15(19)20/h4-11,20,22H,3,12-13H2,1-2H3. The highest BCUT2D eigenvalue weighted by Crippen LogP contribution is 2.48. The molecule has 0 saturated carbocycles. The van der Waals surface area contributed by atoms with Gasteiger partial charge in [0.15, 0.2) is 23.1 Å². The van der Waals surface area contributed by atoms with Gasteiger partial charge >= 0.3 is 6.16 Å². The number of aromatic nitrogens is 1. The van der Waals surface area contributed by atoms with Crippen LogP contribution in [0, 0.1) is 11.6 Å². The smallest absolute Gasteiger partial charge is 0.451 e. The Morgan fingerprint density at radius 2 is 1.85 bits per heavy atom. The molecule has 0 aliphatic carbocycles. The lowest BCUT2D eigenvalue weighted by Crippen LogP contribution is -2.50. The Hall–Kier alpha value is -4.19. The van der Waals surface area contributed by atoms with Gasteiger partial charge in [-0.2, -0.15) is 0 Å². The highest BCUT2D eigenvalue weighted by molar-refractivity contribution is 7.98. The van der Waals surface area contributed by atoms with E-state index in [1.165, 1.54) is 28.6 Å². The van der Waals surface area contributed by atoms with E-state index in [9.17, 15) is 23.6 Å². The molecule has 2 unspecified atom stereocenters. The van der Waals surface area contributed by atoms with Crippen LogP contribution in [-0.4, -0.2) is 47.9 Å². The molecule has 0 spiro atoms. The van der Waals surface area contributed by atoms with Crippen LogP contribution in [0.1, 0.15) is 46.1 Å². The number of nitrogens with zero attached hydrogens (tertiary/aromatic N) is 2. The number of carbonyl (C=O) groups is 3. The number of amides is 2. The predicted molar refractivity (Wildman–Crippen MR) is 135 cm³/mol. The fraction of sp³-hybridized carbons (Fsp3) is 0.259. The second-order valence-corrected chi connectivity index (χ2v) is 9.71. The number of methoxy groups -OCH3 is 1. The van der Waals surface area contributed by atoms with E-state index in [1.807, 2.05) is 6.07 Å². The van der Waals surface area contributed by atoms with E-state index in [-0.39, 0.29) is 23.6 Å². The molecule has 39 heavy (non-hydrogen) atoms. The molecule has 2 aliphatic heterocycles. The number of halogens is 2. The van der Waals surface area contributed by atoms with E-state index in [2.05, 4.69) is 4.74 Å². The average Bonchev–Trinajstić information content (AvgIpc) is 3.09. The third-order valence-electron chi connectivity index (χ3n) is 6.72. The number of ether oxygens (including phenoxy) is 3.